The molecule has 0 aliphatic heterocycles. The number of hydrogen-bond acceptors (Lipinski definition) is 1. The van der Waals surface area contributed by atoms with E-state index in [1.807, 2.05) is 0 Å². The van der Waals surface area contributed by atoms with Gasteiger partial charge in [0.05, 0.1) is 33.0 Å². The third kappa shape index (κ3) is 6.12. The summed E-state index contributed by atoms with van der Waals surface area (Å²) in [6.07, 6.45) is 10.8. The van der Waals surface area contributed by atoms with Crippen LogP contribution in [0.15, 0.2) is 231 Å². The van der Waals surface area contributed by atoms with E-state index in [-0.39, 0.29) is 5.41 Å². The molecule has 4 heteroatoms. The molecule has 4 aromatic heterocycles. The first-order chi connectivity index (χ1) is 36.3. The Morgan fingerprint density at radius 3 is 1.58 bits per heavy atom. The van der Waals surface area contributed by atoms with Gasteiger partial charge in [-0.1, -0.05) is 172 Å². The normalized spacial score (nSPS) is 13.8. The summed E-state index contributed by atoms with van der Waals surface area (Å²) >= 11 is 0. The molecule has 0 N–H and O–H groups in total. The zero-order valence-electron chi connectivity index (χ0n) is 41.7. The average Bonchev–Trinajstić information content (AvgIpc) is 4.18. The Morgan fingerprint density at radius 2 is 0.946 bits per heavy atom. The minimum absolute atomic E-state index is 0.0643. The van der Waals surface area contributed by atoms with Crippen molar-refractivity contribution < 1.29 is 0 Å². The SMILES string of the molecule is CC(C)(C)c1ccc(-n2c3ccccc3c3cc(C4(c5cncc(-c6cc(-n7c8c(c9ccccc97)C=CCC8)cc(-n7c8ccccc8c8ccccc87)c6)c5)c5ccccc5-c5ccccc54)ccc32)cc1. The van der Waals surface area contributed by atoms with E-state index in [9.17, 15) is 0 Å². The molecule has 0 fully saturated rings. The van der Waals surface area contributed by atoms with Crippen LogP contribution in [0, 0.1) is 0 Å². The molecular formula is C70H52N4. The highest BCUT2D eigenvalue weighted by Crippen LogP contribution is 2.57. The topological polar surface area (TPSA) is 27.7 Å². The number of hydrogen-bond donors (Lipinski definition) is 0. The molecule has 0 saturated heterocycles. The summed E-state index contributed by atoms with van der Waals surface area (Å²) in [7, 11) is 0. The van der Waals surface area contributed by atoms with Crippen molar-refractivity contribution in [3.05, 3.63) is 270 Å². The molecule has 4 nitrogen and oxygen atoms in total. The largest absolute Gasteiger partial charge is 0.313 e. The van der Waals surface area contributed by atoms with Crippen LogP contribution in [0.5, 0.6) is 0 Å². The van der Waals surface area contributed by atoms with Crippen LogP contribution in [0.3, 0.4) is 0 Å². The molecule has 0 radical (unpaired) electrons. The number of benzene rings is 9. The maximum Gasteiger partial charge on any atom is 0.0728 e. The second-order valence-corrected chi connectivity index (χ2v) is 21.4. The van der Waals surface area contributed by atoms with E-state index >= 15 is 0 Å². The van der Waals surface area contributed by atoms with Gasteiger partial charge in [-0.15, -0.1) is 0 Å². The van der Waals surface area contributed by atoms with E-state index in [2.05, 4.69) is 271 Å². The van der Waals surface area contributed by atoms with Crippen molar-refractivity contribution in [3.8, 4) is 39.3 Å². The van der Waals surface area contributed by atoms with Crippen LogP contribution >= 0.6 is 0 Å². The second-order valence-electron chi connectivity index (χ2n) is 21.4. The van der Waals surface area contributed by atoms with Crippen molar-refractivity contribution >= 4 is 60.6 Å². The van der Waals surface area contributed by atoms with Gasteiger partial charge in [-0.05, 0) is 136 Å². The van der Waals surface area contributed by atoms with Gasteiger partial charge in [-0.3, -0.25) is 4.98 Å². The lowest BCUT2D eigenvalue weighted by molar-refractivity contribution is 0.590. The van der Waals surface area contributed by atoms with Gasteiger partial charge >= 0.3 is 0 Å². The molecule has 2 aliphatic rings. The summed E-state index contributed by atoms with van der Waals surface area (Å²) in [6.45, 7) is 6.84. The zero-order chi connectivity index (χ0) is 49.3. The fourth-order valence-electron chi connectivity index (χ4n) is 13.1. The number of aromatic nitrogens is 4. The fraction of sp³-hybridized carbons (Fsp3) is 0.100. The van der Waals surface area contributed by atoms with Gasteiger partial charge in [0.15, 0.2) is 0 Å². The van der Waals surface area contributed by atoms with Crippen LogP contribution in [0.4, 0.5) is 0 Å². The maximum absolute atomic E-state index is 5.28. The highest BCUT2D eigenvalue weighted by atomic mass is 15.0. The molecule has 13 aromatic rings. The molecule has 74 heavy (non-hydrogen) atoms. The molecule has 0 spiro atoms. The molecular weight excluding hydrogens is 897 g/mol. The molecule has 9 aromatic carbocycles. The fourth-order valence-corrected chi connectivity index (χ4v) is 13.1. The lowest BCUT2D eigenvalue weighted by Gasteiger charge is -2.34. The lowest BCUT2D eigenvalue weighted by Crippen LogP contribution is -2.28. The van der Waals surface area contributed by atoms with Gasteiger partial charge in [0.1, 0.15) is 0 Å². The van der Waals surface area contributed by atoms with Crippen LogP contribution in [-0.4, -0.2) is 18.7 Å². The van der Waals surface area contributed by atoms with E-state index in [4.69, 9.17) is 4.98 Å². The van der Waals surface area contributed by atoms with Crippen molar-refractivity contribution in [2.75, 3.05) is 0 Å². The van der Waals surface area contributed by atoms with Crippen molar-refractivity contribution in [2.45, 2.75) is 44.4 Å². The van der Waals surface area contributed by atoms with Crippen LogP contribution in [0.2, 0.25) is 0 Å². The smallest absolute Gasteiger partial charge is 0.0728 e. The first-order valence-electron chi connectivity index (χ1n) is 26.1. The van der Waals surface area contributed by atoms with E-state index in [1.54, 1.807) is 0 Å². The van der Waals surface area contributed by atoms with Crippen molar-refractivity contribution in [1.29, 1.82) is 0 Å². The predicted octanol–water partition coefficient (Wildman–Crippen LogP) is 17.5. The predicted molar refractivity (Wildman–Crippen MR) is 309 cm³/mol. The van der Waals surface area contributed by atoms with Crippen molar-refractivity contribution in [1.82, 2.24) is 18.7 Å². The van der Waals surface area contributed by atoms with Crippen LogP contribution in [0.25, 0.3) is 99.9 Å². The lowest BCUT2D eigenvalue weighted by atomic mass is 9.67. The van der Waals surface area contributed by atoms with Crippen molar-refractivity contribution in [3.63, 3.8) is 0 Å². The van der Waals surface area contributed by atoms with E-state index in [0.717, 1.165) is 46.6 Å². The molecule has 4 heterocycles. The number of nitrogens with zero attached hydrogens (tertiary/aromatic N) is 4. The quantitative estimate of drug-likeness (QED) is 0.163. The van der Waals surface area contributed by atoms with Gasteiger partial charge in [0.2, 0.25) is 0 Å². The first kappa shape index (κ1) is 42.7. The first-order valence-corrected chi connectivity index (χ1v) is 26.1. The molecule has 0 unspecified atom stereocenters. The monoisotopic (exact) mass is 948 g/mol. The van der Waals surface area contributed by atoms with Crippen LogP contribution in [-0.2, 0) is 17.3 Å². The third-order valence-electron chi connectivity index (χ3n) is 16.4. The number of allylic oxidation sites excluding steroid dienone is 1. The average molecular weight is 949 g/mol. The van der Waals surface area contributed by atoms with Crippen molar-refractivity contribution in [2.24, 2.45) is 0 Å². The van der Waals surface area contributed by atoms with E-state index < -0.39 is 5.41 Å². The van der Waals surface area contributed by atoms with Gasteiger partial charge in [-0.25, -0.2) is 0 Å². The van der Waals surface area contributed by atoms with Gasteiger partial charge in [-0.2, -0.15) is 0 Å². The summed E-state index contributed by atoms with van der Waals surface area (Å²) in [6, 6.07) is 79.6. The van der Waals surface area contributed by atoms with Crippen LogP contribution < -0.4 is 0 Å². The zero-order valence-corrected chi connectivity index (χ0v) is 41.7. The minimum atomic E-state index is -0.683. The number of pyridine rings is 1. The summed E-state index contributed by atoms with van der Waals surface area (Å²) in [5, 5.41) is 6.22. The molecule has 0 saturated carbocycles. The minimum Gasteiger partial charge on any atom is -0.313 e. The summed E-state index contributed by atoms with van der Waals surface area (Å²) in [5.41, 5.74) is 22.3. The van der Waals surface area contributed by atoms with Crippen LogP contribution in [0.1, 0.15) is 66.3 Å². The highest BCUT2D eigenvalue weighted by molar-refractivity contribution is 6.11. The second kappa shape index (κ2) is 16.0. The highest BCUT2D eigenvalue weighted by Gasteiger charge is 2.46. The van der Waals surface area contributed by atoms with Gasteiger partial charge in [0, 0.05) is 73.2 Å². The molecule has 15 rings (SSSR count). The Hall–Kier alpha value is -8.99. The van der Waals surface area contributed by atoms with Gasteiger partial charge in [0.25, 0.3) is 0 Å². The standard InChI is InChI=1S/C70H52N4/c1-69(2,3)47-32-35-50(36-33-47)72-67-31-17-10-24-59(67)60-41-48(34-37-68(60)72)70(61-25-11-4-18-53(61)54-19-5-12-26-62(54)70)49-38-46(43-71-44-49)45-39-51(73-63-27-13-6-20-55(63)56-21-7-14-28-64(56)73)42-52(40-45)74-65-29-15-8-22-57(65)58-23-9-16-30-66(58)74/h4-15,17-29,31-44H,16,30H2,1-3H3. The molecule has 0 atom stereocenters. The Balaban J connectivity index is 0.990. The molecule has 0 bridgehead atoms. The molecule has 0 amide bonds. The summed E-state index contributed by atoms with van der Waals surface area (Å²) < 4.78 is 7.43. The molecule has 352 valence electrons. The Labute approximate surface area is 430 Å². The summed E-state index contributed by atoms with van der Waals surface area (Å²) in [5.74, 6) is 0. The van der Waals surface area contributed by atoms with E-state index in [1.165, 1.54) is 99.2 Å². The maximum atomic E-state index is 5.28. The Kier molecular flexibility index (Phi) is 9.23. The Bertz CT molecular complexity index is 4370. The third-order valence-corrected chi connectivity index (χ3v) is 16.4. The molecule has 2 aliphatic carbocycles. The number of rotatable bonds is 6. The van der Waals surface area contributed by atoms with E-state index in [0.29, 0.717) is 0 Å². The van der Waals surface area contributed by atoms with Gasteiger partial charge < -0.3 is 13.7 Å². The number of fused-ring (bicyclic) bond motifs is 12. The number of para-hydroxylation sites is 4. The Morgan fingerprint density at radius 1 is 0.419 bits per heavy atom. The summed E-state index contributed by atoms with van der Waals surface area (Å²) in [4.78, 5) is 5.28.